The number of carbonyl (C=O) groups excluding carboxylic acids is 1. The zero-order valence-corrected chi connectivity index (χ0v) is 18.7. The van der Waals surface area contributed by atoms with Crippen molar-refractivity contribution in [2.75, 3.05) is 11.9 Å². The number of aromatic nitrogens is 3. The molecule has 0 aliphatic carbocycles. The lowest BCUT2D eigenvalue weighted by molar-refractivity contribution is 0.0951. The van der Waals surface area contributed by atoms with E-state index in [2.05, 4.69) is 39.8 Å². The molecule has 1 unspecified atom stereocenters. The molecule has 8 heteroatoms. The van der Waals surface area contributed by atoms with Gasteiger partial charge < -0.3 is 10.6 Å². The molecule has 0 saturated carbocycles. The van der Waals surface area contributed by atoms with Crippen LogP contribution in [-0.2, 0) is 0 Å². The number of carbonyl (C=O) groups is 1. The van der Waals surface area contributed by atoms with Crippen LogP contribution in [0.25, 0.3) is 15.9 Å². The van der Waals surface area contributed by atoms with Crippen LogP contribution in [0.15, 0.2) is 83.7 Å². The predicted octanol–water partition coefficient (Wildman–Crippen LogP) is 4.58. The van der Waals surface area contributed by atoms with E-state index >= 15 is 0 Å². The van der Waals surface area contributed by atoms with Gasteiger partial charge >= 0.3 is 0 Å². The van der Waals surface area contributed by atoms with Crippen molar-refractivity contribution in [3.8, 4) is 0 Å². The lowest BCUT2D eigenvalue weighted by Gasteiger charge is -2.13. The van der Waals surface area contributed by atoms with Crippen LogP contribution in [0.4, 0.5) is 10.8 Å². The van der Waals surface area contributed by atoms with Crippen molar-refractivity contribution in [1.82, 2.24) is 19.9 Å². The molecule has 33 heavy (non-hydrogen) atoms. The average molecular weight is 456 g/mol. The number of benzene rings is 3. The number of amides is 1. The normalized spacial score (nSPS) is 12.0. The fraction of sp³-hybridized carbons (Fsp3) is 0.120. The Balaban J connectivity index is 1.27. The van der Waals surface area contributed by atoms with E-state index in [1.807, 2.05) is 48.5 Å². The van der Waals surface area contributed by atoms with Crippen LogP contribution >= 0.6 is 11.3 Å². The van der Waals surface area contributed by atoms with Gasteiger partial charge in [-0.1, -0.05) is 60.7 Å². The van der Waals surface area contributed by atoms with Crippen molar-refractivity contribution < 1.29 is 4.79 Å². The number of nitrogens with zero attached hydrogens (tertiary/aromatic N) is 3. The Morgan fingerprint density at radius 3 is 2.52 bits per heavy atom. The smallest absolute Gasteiger partial charge is 0.283 e. The lowest BCUT2D eigenvalue weighted by Crippen LogP contribution is -2.27. The van der Waals surface area contributed by atoms with Gasteiger partial charge in [-0.2, -0.15) is 4.52 Å². The first-order chi connectivity index (χ1) is 16.1. The SMILES string of the molecule is CC(CNC(=O)c1ccc(Nc2nn3c(=O)c4ccccc4nc3s2)cc1)c1ccccc1. The molecule has 164 valence electrons. The molecule has 0 saturated heterocycles. The minimum absolute atomic E-state index is 0.119. The molecule has 5 rings (SSSR count). The maximum Gasteiger partial charge on any atom is 0.283 e. The first-order valence-electron chi connectivity index (χ1n) is 10.6. The Morgan fingerprint density at radius 2 is 1.73 bits per heavy atom. The maximum atomic E-state index is 12.7. The second-order valence-corrected chi connectivity index (χ2v) is 8.72. The van der Waals surface area contributed by atoms with Gasteiger partial charge in [0.05, 0.1) is 10.9 Å². The molecular weight excluding hydrogens is 434 g/mol. The van der Waals surface area contributed by atoms with E-state index < -0.39 is 0 Å². The molecule has 0 spiro atoms. The van der Waals surface area contributed by atoms with Gasteiger partial charge in [0.25, 0.3) is 11.5 Å². The van der Waals surface area contributed by atoms with Gasteiger partial charge in [0.15, 0.2) is 0 Å². The number of fused-ring (bicyclic) bond motifs is 2. The number of hydrogen-bond acceptors (Lipinski definition) is 6. The summed E-state index contributed by atoms with van der Waals surface area (Å²) in [6.07, 6.45) is 0. The van der Waals surface area contributed by atoms with Crippen molar-refractivity contribution in [3.63, 3.8) is 0 Å². The molecule has 1 amide bonds. The van der Waals surface area contributed by atoms with E-state index in [0.29, 0.717) is 33.1 Å². The maximum absolute atomic E-state index is 12.7. The predicted molar refractivity (Wildman–Crippen MR) is 132 cm³/mol. The molecule has 2 aromatic heterocycles. The highest BCUT2D eigenvalue weighted by molar-refractivity contribution is 7.20. The molecule has 2 heterocycles. The highest BCUT2D eigenvalue weighted by atomic mass is 32.1. The van der Waals surface area contributed by atoms with Crippen LogP contribution in [0.5, 0.6) is 0 Å². The minimum atomic E-state index is -0.198. The molecule has 0 bridgehead atoms. The summed E-state index contributed by atoms with van der Waals surface area (Å²) in [6, 6.07) is 24.5. The van der Waals surface area contributed by atoms with Gasteiger partial charge in [0.2, 0.25) is 10.1 Å². The van der Waals surface area contributed by atoms with Crippen LogP contribution in [0.1, 0.15) is 28.8 Å². The third-order valence-corrected chi connectivity index (χ3v) is 6.26. The molecule has 0 radical (unpaired) electrons. The summed E-state index contributed by atoms with van der Waals surface area (Å²) in [6.45, 7) is 2.65. The second-order valence-electron chi connectivity index (χ2n) is 7.76. The number of nitrogens with one attached hydrogen (secondary N) is 2. The van der Waals surface area contributed by atoms with Crippen molar-refractivity contribution >= 4 is 43.9 Å². The summed E-state index contributed by atoms with van der Waals surface area (Å²) in [5.74, 6) is 0.107. The van der Waals surface area contributed by atoms with Crippen LogP contribution in [0.3, 0.4) is 0 Å². The summed E-state index contributed by atoms with van der Waals surface area (Å²) in [5.41, 5.74) is 2.98. The Labute approximate surface area is 193 Å². The summed E-state index contributed by atoms with van der Waals surface area (Å²) in [5, 5.41) is 11.6. The molecule has 0 fully saturated rings. The summed E-state index contributed by atoms with van der Waals surface area (Å²) < 4.78 is 1.31. The van der Waals surface area contributed by atoms with Crippen LogP contribution in [0.2, 0.25) is 0 Å². The van der Waals surface area contributed by atoms with E-state index in [9.17, 15) is 9.59 Å². The fourth-order valence-corrected chi connectivity index (χ4v) is 4.40. The van der Waals surface area contributed by atoms with Gasteiger partial charge in [0, 0.05) is 17.8 Å². The monoisotopic (exact) mass is 455 g/mol. The Kier molecular flexibility index (Phi) is 5.58. The highest BCUT2D eigenvalue weighted by Crippen LogP contribution is 2.23. The van der Waals surface area contributed by atoms with Crippen molar-refractivity contribution in [2.45, 2.75) is 12.8 Å². The molecule has 0 aliphatic heterocycles. The highest BCUT2D eigenvalue weighted by Gasteiger charge is 2.12. The van der Waals surface area contributed by atoms with E-state index in [1.54, 1.807) is 18.2 Å². The van der Waals surface area contributed by atoms with Gasteiger partial charge in [-0.3, -0.25) is 9.59 Å². The minimum Gasteiger partial charge on any atom is -0.351 e. The zero-order valence-electron chi connectivity index (χ0n) is 17.9. The van der Waals surface area contributed by atoms with Crippen molar-refractivity contribution in [3.05, 3.63) is 100 Å². The Bertz CT molecular complexity index is 1490. The second kappa shape index (κ2) is 8.84. The van der Waals surface area contributed by atoms with E-state index in [-0.39, 0.29) is 17.4 Å². The van der Waals surface area contributed by atoms with Crippen LogP contribution < -0.4 is 16.2 Å². The number of hydrogen-bond donors (Lipinski definition) is 2. The van der Waals surface area contributed by atoms with Gasteiger partial charge in [-0.25, -0.2) is 4.98 Å². The van der Waals surface area contributed by atoms with E-state index in [0.717, 1.165) is 5.69 Å². The van der Waals surface area contributed by atoms with E-state index in [1.165, 1.54) is 21.4 Å². The first-order valence-corrected chi connectivity index (χ1v) is 11.4. The van der Waals surface area contributed by atoms with Gasteiger partial charge in [0.1, 0.15) is 0 Å². The quantitative estimate of drug-likeness (QED) is 0.391. The van der Waals surface area contributed by atoms with Crippen LogP contribution in [0, 0.1) is 0 Å². The topological polar surface area (TPSA) is 88.4 Å². The van der Waals surface area contributed by atoms with Gasteiger partial charge in [-0.05, 0) is 47.9 Å². The molecule has 1 atom stereocenters. The number of anilines is 2. The number of para-hydroxylation sites is 1. The fourth-order valence-electron chi connectivity index (χ4n) is 3.58. The largest absolute Gasteiger partial charge is 0.351 e. The molecular formula is C25H21N5O2S. The van der Waals surface area contributed by atoms with Crippen LogP contribution in [-0.4, -0.2) is 27.0 Å². The third kappa shape index (κ3) is 4.33. The lowest BCUT2D eigenvalue weighted by atomic mass is 10.0. The summed E-state index contributed by atoms with van der Waals surface area (Å²) in [4.78, 5) is 30.2. The molecule has 5 aromatic rings. The van der Waals surface area contributed by atoms with E-state index in [4.69, 9.17) is 0 Å². The molecule has 0 aliphatic rings. The number of rotatable bonds is 6. The first kappa shape index (κ1) is 20.8. The Hall–Kier alpha value is -4.04. The molecule has 7 nitrogen and oxygen atoms in total. The summed E-state index contributed by atoms with van der Waals surface area (Å²) in [7, 11) is 0. The molecule has 3 aromatic carbocycles. The third-order valence-electron chi connectivity index (χ3n) is 5.44. The summed E-state index contributed by atoms with van der Waals surface area (Å²) >= 11 is 1.29. The average Bonchev–Trinajstić information content (AvgIpc) is 3.26. The van der Waals surface area contributed by atoms with Crippen molar-refractivity contribution in [1.29, 1.82) is 0 Å². The van der Waals surface area contributed by atoms with Gasteiger partial charge in [-0.15, -0.1) is 5.10 Å². The van der Waals surface area contributed by atoms with Crippen molar-refractivity contribution in [2.24, 2.45) is 0 Å². The Morgan fingerprint density at radius 1 is 1.00 bits per heavy atom. The molecule has 2 N–H and O–H groups in total. The zero-order chi connectivity index (χ0) is 22.8. The standard InChI is InChI=1S/C25H21N5O2S/c1-16(17-7-3-2-4-8-17)15-26-22(31)18-11-13-19(14-12-18)27-24-29-30-23(32)20-9-5-6-10-21(20)28-25(30)33-24/h2-14,16H,15H2,1H3,(H,26,31)(H,27,29).